The lowest BCUT2D eigenvalue weighted by molar-refractivity contribution is -0.101. The Balaban J connectivity index is 0.000000403. The van der Waals surface area contributed by atoms with Crippen molar-refractivity contribution in [1.29, 1.82) is 0 Å². The van der Waals surface area contributed by atoms with E-state index in [0.29, 0.717) is 0 Å². The summed E-state index contributed by atoms with van der Waals surface area (Å²) >= 11 is 0. The molecule has 10 heteroatoms. The Kier molecular flexibility index (Phi) is 10.3. The Bertz CT molecular complexity index is 290. The second-order valence-corrected chi connectivity index (χ2v) is 5.49. The summed E-state index contributed by atoms with van der Waals surface area (Å²) in [5.41, 5.74) is 0. The average molecular weight is 342 g/mol. The number of nitrogens with one attached hydrogen (secondary N) is 2. The van der Waals surface area contributed by atoms with Gasteiger partial charge in [0.25, 0.3) is 0 Å². The molecule has 2 heterocycles. The van der Waals surface area contributed by atoms with Crippen LogP contribution in [0, 0.1) is 0 Å². The van der Waals surface area contributed by atoms with Crippen molar-refractivity contribution in [1.82, 2.24) is 10.6 Å². The molecule has 0 spiro atoms. The predicted molar refractivity (Wildman–Crippen MR) is 80.5 cm³/mol. The first-order valence-corrected chi connectivity index (χ1v) is 7.10. The summed E-state index contributed by atoms with van der Waals surface area (Å²) in [5.74, 6) is 0. The molecule has 2 aliphatic rings. The molecule has 8 atom stereocenters. The minimum Gasteiger partial charge on any atom is -0.395 e. The molecule has 2 rings (SSSR count). The number of rotatable bonds is 2. The van der Waals surface area contributed by atoms with E-state index in [4.69, 9.17) is 30.6 Å². The zero-order valence-corrected chi connectivity index (χ0v) is 12.0. The van der Waals surface area contributed by atoms with Crippen molar-refractivity contribution >= 4 is 0 Å². The van der Waals surface area contributed by atoms with Gasteiger partial charge in [-0.3, -0.25) is 0 Å². The van der Waals surface area contributed by atoms with E-state index in [1.807, 2.05) is 0 Å². The van der Waals surface area contributed by atoms with Crippen LogP contribution in [0.25, 0.3) is 0 Å². The summed E-state index contributed by atoms with van der Waals surface area (Å²) < 4.78 is 0. The predicted octanol–water partition coefficient (Wildman–Crippen LogP) is -5.30. The number of hydrogen-bond acceptors (Lipinski definition) is 10. The normalized spacial score (nSPS) is 43.8. The fourth-order valence-electron chi connectivity index (χ4n) is 2.30. The summed E-state index contributed by atoms with van der Waals surface area (Å²) in [6.45, 7) is -0.0944. The summed E-state index contributed by atoms with van der Waals surface area (Å²) in [6.07, 6.45) is -6.41. The van der Waals surface area contributed by atoms with Gasteiger partial charge in [0.2, 0.25) is 0 Å². The zero-order chi connectivity index (χ0) is 16.9. The number of hydrogen-bond donors (Lipinski definition) is 10. The second kappa shape index (κ2) is 10.5. The van der Waals surface area contributed by atoms with Gasteiger partial charge >= 0.3 is 0 Å². The van der Waals surface area contributed by atoms with Gasteiger partial charge in [0.1, 0.15) is 12.2 Å². The molecule has 0 aromatic carbocycles. The first-order valence-electron chi connectivity index (χ1n) is 7.10. The van der Waals surface area contributed by atoms with Gasteiger partial charge in [-0.15, -0.1) is 0 Å². The topological polar surface area (TPSA) is 186 Å². The Labute approximate surface area is 135 Å². The van der Waals surface area contributed by atoms with Gasteiger partial charge in [0.15, 0.2) is 0 Å². The molecule has 0 aromatic heterocycles. The minimum absolute atomic E-state index is 0. The maximum Gasteiger partial charge on any atom is 0.109 e. The minimum atomic E-state index is -1.16. The van der Waals surface area contributed by atoms with Gasteiger partial charge in [-0.2, -0.15) is 0 Å². The summed E-state index contributed by atoms with van der Waals surface area (Å²) in [5, 5.41) is 77.2. The lowest BCUT2D eigenvalue weighted by Gasteiger charge is -2.34. The summed E-state index contributed by atoms with van der Waals surface area (Å²) in [4.78, 5) is 0. The molecule has 23 heavy (non-hydrogen) atoms. The number of β-amino-alcohol motifs (C(OH)–C–C–N with tert-alkyl or cyclic N) is 2. The van der Waals surface area contributed by atoms with E-state index >= 15 is 0 Å². The molecule has 140 valence electrons. The van der Waals surface area contributed by atoms with E-state index in [2.05, 4.69) is 10.6 Å². The number of piperidine rings is 2. The van der Waals surface area contributed by atoms with Crippen LogP contribution in [0.5, 0.6) is 0 Å². The van der Waals surface area contributed by atoms with Crippen molar-refractivity contribution in [2.75, 3.05) is 26.3 Å². The molecule has 4 unspecified atom stereocenters. The quantitative estimate of drug-likeness (QED) is 0.232. The smallest absolute Gasteiger partial charge is 0.109 e. The van der Waals surface area contributed by atoms with Crippen LogP contribution < -0.4 is 10.6 Å². The highest BCUT2D eigenvalue weighted by atomic mass is 16.4. The van der Waals surface area contributed by atoms with E-state index in [9.17, 15) is 10.2 Å². The van der Waals surface area contributed by atoms with Gasteiger partial charge in [-0.1, -0.05) is 7.43 Å². The molecule has 0 aliphatic carbocycles. The molecule has 0 radical (unpaired) electrons. The maximum absolute atomic E-state index is 9.18. The Morgan fingerprint density at radius 3 is 1.17 bits per heavy atom. The van der Waals surface area contributed by atoms with Gasteiger partial charge < -0.3 is 51.5 Å². The largest absolute Gasteiger partial charge is 0.395 e. The van der Waals surface area contributed by atoms with Crippen molar-refractivity contribution in [3.05, 3.63) is 0 Å². The highest BCUT2D eigenvalue weighted by molar-refractivity contribution is 4.92. The van der Waals surface area contributed by atoms with E-state index in [1.165, 1.54) is 0 Å². The lowest BCUT2D eigenvalue weighted by atomic mass is 9.97. The highest BCUT2D eigenvalue weighted by Crippen LogP contribution is 2.10. The fraction of sp³-hybridized carbons (Fsp3) is 1.00. The third-order valence-electron chi connectivity index (χ3n) is 3.88. The van der Waals surface area contributed by atoms with Gasteiger partial charge in [0, 0.05) is 13.1 Å². The van der Waals surface area contributed by atoms with E-state index in [-0.39, 0.29) is 33.7 Å². The van der Waals surface area contributed by atoms with E-state index in [0.717, 1.165) is 0 Å². The Morgan fingerprint density at radius 1 is 0.609 bits per heavy atom. The zero-order valence-electron chi connectivity index (χ0n) is 12.0. The number of aliphatic hydroxyl groups excluding tert-OH is 8. The van der Waals surface area contributed by atoms with Crippen LogP contribution in [0.15, 0.2) is 0 Å². The second-order valence-electron chi connectivity index (χ2n) is 5.49. The van der Waals surface area contributed by atoms with Crippen LogP contribution in [0.4, 0.5) is 0 Å². The Morgan fingerprint density at radius 2 is 0.913 bits per heavy atom. The molecule has 10 nitrogen and oxygen atoms in total. The van der Waals surface area contributed by atoms with Crippen LogP contribution >= 0.6 is 0 Å². The molecular weight excluding hydrogens is 312 g/mol. The molecule has 2 fully saturated rings. The van der Waals surface area contributed by atoms with Crippen LogP contribution in [-0.4, -0.2) is 116 Å². The molecule has 10 N–H and O–H groups in total. The fourth-order valence-corrected chi connectivity index (χ4v) is 2.30. The molecular formula is C13H30N2O8. The van der Waals surface area contributed by atoms with Gasteiger partial charge in [-0.05, 0) is 0 Å². The monoisotopic (exact) mass is 342 g/mol. The molecule has 2 saturated heterocycles. The molecule has 2 aliphatic heterocycles. The van der Waals surface area contributed by atoms with E-state index in [1.54, 1.807) is 0 Å². The van der Waals surface area contributed by atoms with Crippen molar-refractivity contribution in [2.24, 2.45) is 0 Å². The first kappa shape index (κ1) is 22.6. The van der Waals surface area contributed by atoms with Crippen LogP contribution in [0.1, 0.15) is 7.43 Å². The molecule has 0 aromatic rings. The summed E-state index contributed by atoms with van der Waals surface area (Å²) in [6, 6.07) is -1.07. The van der Waals surface area contributed by atoms with Gasteiger partial charge in [0.05, 0.1) is 49.7 Å². The average Bonchev–Trinajstić information content (AvgIpc) is 2.51. The molecule has 0 amide bonds. The van der Waals surface area contributed by atoms with E-state index < -0.39 is 48.7 Å². The van der Waals surface area contributed by atoms with Crippen molar-refractivity contribution in [3.8, 4) is 0 Å². The SMILES string of the molecule is C.OCC1NCC(O)C(O)C1O.OC[C@H]1NC[C@H](O)[C@@H](O)[C@H]1O. The van der Waals surface area contributed by atoms with Crippen molar-refractivity contribution in [3.63, 3.8) is 0 Å². The highest BCUT2D eigenvalue weighted by Gasteiger charge is 2.36. The van der Waals surface area contributed by atoms with Crippen LogP contribution in [-0.2, 0) is 0 Å². The van der Waals surface area contributed by atoms with Gasteiger partial charge in [-0.25, -0.2) is 0 Å². The van der Waals surface area contributed by atoms with Crippen LogP contribution in [0.2, 0.25) is 0 Å². The third kappa shape index (κ3) is 5.87. The summed E-state index contributed by atoms with van der Waals surface area (Å²) in [7, 11) is 0. The van der Waals surface area contributed by atoms with Crippen molar-refractivity contribution in [2.45, 2.75) is 56.1 Å². The number of aliphatic hydroxyl groups is 8. The van der Waals surface area contributed by atoms with Crippen molar-refractivity contribution < 1.29 is 40.9 Å². The lowest BCUT2D eigenvalue weighted by Crippen LogP contribution is -2.60. The van der Waals surface area contributed by atoms with Crippen LogP contribution in [0.3, 0.4) is 0 Å². The standard InChI is InChI=1S/2C6H13NO4.CH4/c2*8-2-3-5(10)6(11)4(9)1-7-3;/h2*3-11H,1-2H2;1H4/t3-,4+,5+,6-;;/m1../s1. The first-order chi connectivity index (χ1) is 10.3. The molecule has 0 saturated carbocycles. The third-order valence-corrected chi connectivity index (χ3v) is 3.88. The maximum atomic E-state index is 9.18. The Hall–Kier alpha value is -0.400. The molecule has 0 bridgehead atoms.